The number of ether oxygens (including phenoxy) is 1. The average molecular weight is 303 g/mol. The van der Waals surface area contributed by atoms with Crippen LogP contribution in [0.3, 0.4) is 0 Å². The minimum Gasteiger partial charge on any atom is -0.490 e. The van der Waals surface area contributed by atoms with Gasteiger partial charge >= 0.3 is 0 Å². The Balaban J connectivity index is 1.96. The summed E-state index contributed by atoms with van der Waals surface area (Å²) in [6, 6.07) is 8.58. The van der Waals surface area contributed by atoms with E-state index in [-0.39, 0.29) is 5.91 Å². The van der Waals surface area contributed by atoms with Crippen molar-refractivity contribution in [3.63, 3.8) is 0 Å². The van der Waals surface area contributed by atoms with Crippen LogP contribution < -0.4 is 15.8 Å². The molecule has 118 valence electrons. The molecule has 0 unspecified atom stereocenters. The van der Waals surface area contributed by atoms with Crippen molar-refractivity contribution in [2.24, 2.45) is 0 Å². The van der Waals surface area contributed by atoms with Gasteiger partial charge in [-0.15, -0.1) is 0 Å². The number of amides is 1. The number of carbonyl (C=O) groups is 1. The number of carbonyl (C=O) groups excluding carboxylic acids is 1. The largest absolute Gasteiger partial charge is 0.490 e. The molecule has 1 aromatic heterocycles. The number of nitrogens with two attached hydrogens (primary N) is 1. The Kier molecular flexibility index (Phi) is 5.43. The van der Waals surface area contributed by atoms with E-state index < -0.39 is 0 Å². The van der Waals surface area contributed by atoms with Crippen LogP contribution in [0.5, 0.6) is 5.75 Å². The second kappa shape index (κ2) is 7.51. The molecule has 0 aliphatic rings. The first kappa shape index (κ1) is 15.9. The van der Waals surface area contributed by atoms with Crippen LogP contribution in [0.25, 0.3) is 0 Å². The predicted octanol–water partition coefficient (Wildman–Crippen LogP) is 1.73. The van der Waals surface area contributed by atoms with Gasteiger partial charge in [0.05, 0.1) is 18.5 Å². The van der Waals surface area contributed by atoms with E-state index in [0.29, 0.717) is 35.9 Å². The molecule has 1 heterocycles. The molecule has 1 amide bonds. The maximum absolute atomic E-state index is 12.1. The number of nitrogens with one attached hydrogen (secondary N) is 1. The van der Waals surface area contributed by atoms with Crippen LogP contribution in [-0.4, -0.2) is 38.1 Å². The Bertz CT molecular complexity index is 609. The number of rotatable bonds is 7. The highest BCUT2D eigenvalue weighted by Crippen LogP contribution is 2.22. The monoisotopic (exact) mass is 303 g/mol. The molecule has 0 saturated heterocycles. The Labute approximate surface area is 129 Å². The van der Waals surface area contributed by atoms with Crippen LogP contribution in [0.2, 0.25) is 0 Å². The van der Waals surface area contributed by atoms with Crippen molar-refractivity contribution in [2.45, 2.75) is 6.54 Å². The normalized spacial score (nSPS) is 10.7. The fraction of sp³-hybridized carbons (Fsp3) is 0.312. The summed E-state index contributed by atoms with van der Waals surface area (Å²) in [7, 11) is 3.93. The lowest BCUT2D eigenvalue weighted by Crippen LogP contribution is -2.23. The summed E-state index contributed by atoms with van der Waals surface area (Å²) < 4.78 is 10.8. The van der Waals surface area contributed by atoms with Gasteiger partial charge in [-0.2, -0.15) is 0 Å². The molecule has 0 radical (unpaired) electrons. The number of benzene rings is 1. The van der Waals surface area contributed by atoms with E-state index in [1.165, 1.54) is 0 Å². The van der Waals surface area contributed by atoms with Gasteiger partial charge in [-0.05, 0) is 44.4 Å². The first-order chi connectivity index (χ1) is 10.6. The molecular formula is C16H21N3O3. The van der Waals surface area contributed by atoms with Crippen LogP contribution in [0.15, 0.2) is 41.0 Å². The molecule has 0 aliphatic carbocycles. The summed E-state index contributed by atoms with van der Waals surface area (Å²) in [6.45, 7) is 1.62. The zero-order chi connectivity index (χ0) is 15.9. The average Bonchev–Trinajstić information content (AvgIpc) is 2.99. The van der Waals surface area contributed by atoms with Crippen molar-refractivity contribution in [2.75, 3.05) is 33.0 Å². The molecular weight excluding hydrogens is 282 g/mol. The number of furan rings is 1. The molecule has 3 N–H and O–H groups in total. The topological polar surface area (TPSA) is 80.7 Å². The van der Waals surface area contributed by atoms with Crippen LogP contribution in [-0.2, 0) is 6.54 Å². The van der Waals surface area contributed by atoms with Crippen molar-refractivity contribution in [3.8, 4) is 5.75 Å². The van der Waals surface area contributed by atoms with E-state index in [1.807, 2.05) is 19.0 Å². The smallest absolute Gasteiger partial charge is 0.251 e. The summed E-state index contributed by atoms with van der Waals surface area (Å²) in [5.41, 5.74) is 6.89. The Morgan fingerprint density at radius 1 is 1.36 bits per heavy atom. The molecule has 0 aliphatic heterocycles. The molecule has 0 spiro atoms. The zero-order valence-corrected chi connectivity index (χ0v) is 12.8. The van der Waals surface area contributed by atoms with E-state index >= 15 is 0 Å². The third-order valence-corrected chi connectivity index (χ3v) is 3.08. The molecule has 6 heteroatoms. The summed E-state index contributed by atoms with van der Waals surface area (Å²) >= 11 is 0. The maximum Gasteiger partial charge on any atom is 0.251 e. The highest BCUT2D eigenvalue weighted by Gasteiger charge is 2.10. The van der Waals surface area contributed by atoms with Gasteiger partial charge in [0, 0.05) is 12.1 Å². The number of nitrogens with zero attached hydrogens (tertiary/aromatic N) is 1. The van der Waals surface area contributed by atoms with Crippen LogP contribution in [0.1, 0.15) is 16.1 Å². The van der Waals surface area contributed by atoms with Crippen LogP contribution in [0.4, 0.5) is 5.69 Å². The maximum atomic E-state index is 12.1. The zero-order valence-electron chi connectivity index (χ0n) is 12.8. The van der Waals surface area contributed by atoms with E-state index in [2.05, 4.69) is 5.32 Å². The fourth-order valence-corrected chi connectivity index (χ4v) is 1.82. The standard InChI is InChI=1S/C16H21N3O3/c1-19(2)7-9-22-15-10-12(5-6-14(15)17)16(20)18-11-13-4-3-8-21-13/h3-6,8,10H,7,9,11,17H2,1-2H3,(H,18,20). The van der Waals surface area contributed by atoms with Crippen LogP contribution in [0, 0.1) is 0 Å². The van der Waals surface area contributed by atoms with E-state index in [4.69, 9.17) is 14.9 Å². The third kappa shape index (κ3) is 4.53. The molecule has 0 atom stereocenters. The molecule has 0 bridgehead atoms. The van der Waals surface area contributed by atoms with E-state index in [9.17, 15) is 4.79 Å². The fourth-order valence-electron chi connectivity index (χ4n) is 1.82. The number of hydrogen-bond donors (Lipinski definition) is 2. The van der Waals surface area contributed by atoms with Crippen molar-refractivity contribution in [3.05, 3.63) is 47.9 Å². The number of nitrogen functional groups attached to an aromatic ring is 1. The van der Waals surface area contributed by atoms with Gasteiger partial charge in [0.15, 0.2) is 0 Å². The van der Waals surface area contributed by atoms with Gasteiger partial charge in [-0.1, -0.05) is 0 Å². The van der Waals surface area contributed by atoms with Gasteiger partial charge in [0.2, 0.25) is 0 Å². The molecule has 0 fully saturated rings. The molecule has 1 aromatic carbocycles. The number of hydrogen-bond acceptors (Lipinski definition) is 5. The van der Waals surface area contributed by atoms with Crippen molar-refractivity contribution < 1.29 is 13.9 Å². The lowest BCUT2D eigenvalue weighted by Gasteiger charge is -2.13. The quantitative estimate of drug-likeness (QED) is 0.761. The van der Waals surface area contributed by atoms with Gasteiger partial charge in [-0.3, -0.25) is 4.79 Å². The Morgan fingerprint density at radius 2 is 2.18 bits per heavy atom. The lowest BCUT2D eigenvalue weighted by atomic mass is 10.1. The molecule has 2 rings (SSSR count). The SMILES string of the molecule is CN(C)CCOc1cc(C(=O)NCc2ccco2)ccc1N. The summed E-state index contributed by atoms with van der Waals surface area (Å²) in [6.07, 6.45) is 1.57. The molecule has 2 aromatic rings. The second-order valence-electron chi connectivity index (χ2n) is 5.17. The summed E-state index contributed by atoms with van der Waals surface area (Å²) in [5, 5.41) is 2.79. The minimum absolute atomic E-state index is 0.200. The molecule has 0 saturated carbocycles. The highest BCUT2D eigenvalue weighted by atomic mass is 16.5. The Morgan fingerprint density at radius 3 is 2.86 bits per heavy atom. The van der Waals surface area contributed by atoms with Gasteiger partial charge < -0.3 is 25.1 Å². The van der Waals surface area contributed by atoms with E-state index in [0.717, 1.165) is 6.54 Å². The predicted molar refractivity (Wildman–Crippen MR) is 84.8 cm³/mol. The van der Waals surface area contributed by atoms with Crippen molar-refractivity contribution >= 4 is 11.6 Å². The lowest BCUT2D eigenvalue weighted by molar-refractivity contribution is 0.0947. The van der Waals surface area contributed by atoms with Crippen molar-refractivity contribution in [1.29, 1.82) is 0 Å². The Hall–Kier alpha value is -2.47. The van der Waals surface area contributed by atoms with E-state index in [1.54, 1.807) is 36.6 Å². The van der Waals surface area contributed by atoms with Crippen LogP contribution >= 0.6 is 0 Å². The minimum atomic E-state index is -0.200. The first-order valence-corrected chi connectivity index (χ1v) is 7.04. The van der Waals surface area contributed by atoms with Gasteiger partial charge in [0.1, 0.15) is 18.1 Å². The van der Waals surface area contributed by atoms with Gasteiger partial charge in [0.25, 0.3) is 5.91 Å². The summed E-state index contributed by atoms with van der Waals surface area (Å²) in [5.74, 6) is 1.02. The first-order valence-electron chi connectivity index (χ1n) is 7.04. The number of likely N-dealkylation sites (N-methyl/N-ethyl adjacent to an activating group) is 1. The molecule has 6 nitrogen and oxygen atoms in total. The highest BCUT2D eigenvalue weighted by molar-refractivity contribution is 5.95. The summed E-state index contributed by atoms with van der Waals surface area (Å²) in [4.78, 5) is 14.1. The third-order valence-electron chi connectivity index (χ3n) is 3.08. The number of anilines is 1. The second-order valence-corrected chi connectivity index (χ2v) is 5.17. The molecule has 22 heavy (non-hydrogen) atoms. The van der Waals surface area contributed by atoms with Crippen molar-refractivity contribution in [1.82, 2.24) is 10.2 Å². The van der Waals surface area contributed by atoms with Gasteiger partial charge in [-0.25, -0.2) is 0 Å².